The van der Waals surface area contributed by atoms with Crippen LogP contribution in [-0.4, -0.2) is 29.7 Å². The van der Waals surface area contributed by atoms with Gasteiger partial charge in [-0.2, -0.15) is 0 Å². The first-order valence-corrected chi connectivity index (χ1v) is 10.3. The molecule has 0 saturated carbocycles. The van der Waals surface area contributed by atoms with Crippen LogP contribution in [0.2, 0.25) is 0 Å². The molecule has 0 aliphatic carbocycles. The Morgan fingerprint density at radius 2 is 1.97 bits per heavy atom. The molecule has 2 aromatic carbocycles. The summed E-state index contributed by atoms with van der Waals surface area (Å²) in [6, 6.07) is 11.6. The molecule has 0 amide bonds. The van der Waals surface area contributed by atoms with E-state index in [1.807, 2.05) is 23.6 Å². The standard InChI is InChI=1S/C22H20N2O6S/c1-13(24-16-8-4-5-9-17(16)30-22(24)26)21(25)29-11-14-12-31-20(23-14)15-7-6-10-18(27-2)19(15)28-3/h4-10,12-13H,11H2,1-3H3. The van der Waals surface area contributed by atoms with Crippen LogP contribution < -0.4 is 15.2 Å². The number of ether oxygens (including phenoxy) is 3. The lowest BCUT2D eigenvalue weighted by Gasteiger charge is -2.12. The van der Waals surface area contributed by atoms with Gasteiger partial charge < -0.3 is 18.6 Å². The highest BCUT2D eigenvalue weighted by Crippen LogP contribution is 2.39. The van der Waals surface area contributed by atoms with Gasteiger partial charge in [-0.15, -0.1) is 11.3 Å². The smallest absolute Gasteiger partial charge is 0.420 e. The van der Waals surface area contributed by atoms with Crippen molar-refractivity contribution in [1.29, 1.82) is 0 Å². The summed E-state index contributed by atoms with van der Waals surface area (Å²) in [5.74, 6) is 0.0337. The Labute approximate surface area is 181 Å². The number of fused-ring (bicyclic) bond motifs is 1. The first-order chi connectivity index (χ1) is 15.0. The van der Waals surface area contributed by atoms with Crippen LogP contribution in [0.1, 0.15) is 18.7 Å². The molecule has 0 spiro atoms. The highest BCUT2D eigenvalue weighted by atomic mass is 32.1. The molecule has 9 heteroatoms. The van der Waals surface area contributed by atoms with E-state index in [2.05, 4.69) is 4.98 Å². The average molecular weight is 440 g/mol. The van der Waals surface area contributed by atoms with Gasteiger partial charge in [0.2, 0.25) is 0 Å². The molecule has 1 atom stereocenters. The SMILES string of the molecule is COc1cccc(-c2nc(COC(=O)C(C)n3c(=O)oc4ccccc43)cs2)c1OC. The predicted molar refractivity (Wildman–Crippen MR) is 116 cm³/mol. The highest BCUT2D eigenvalue weighted by molar-refractivity contribution is 7.13. The zero-order valence-electron chi connectivity index (χ0n) is 17.2. The van der Waals surface area contributed by atoms with E-state index < -0.39 is 17.8 Å². The average Bonchev–Trinajstić information content (AvgIpc) is 3.39. The van der Waals surface area contributed by atoms with Crippen molar-refractivity contribution in [2.75, 3.05) is 14.2 Å². The van der Waals surface area contributed by atoms with Crippen LogP contribution in [0.25, 0.3) is 21.7 Å². The van der Waals surface area contributed by atoms with E-state index in [0.717, 1.165) is 5.56 Å². The molecule has 4 rings (SSSR count). The van der Waals surface area contributed by atoms with Gasteiger partial charge in [-0.25, -0.2) is 14.6 Å². The molecular weight excluding hydrogens is 420 g/mol. The molecule has 31 heavy (non-hydrogen) atoms. The van der Waals surface area contributed by atoms with Crippen molar-refractivity contribution >= 4 is 28.4 Å². The lowest BCUT2D eigenvalue weighted by Crippen LogP contribution is -2.26. The summed E-state index contributed by atoms with van der Waals surface area (Å²) in [5, 5.41) is 2.53. The van der Waals surface area contributed by atoms with E-state index in [4.69, 9.17) is 18.6 Å². The number of esters is 1. The van der Waals surface area contributed by atoms with Crippen molar-refractivity contribution in [3.8, 4) is 22.1 Å². The van der Waals surface area contributed by atoms with Gasteiger partial charge in [0.05, 0.1) is 31.0 Å². The maximum atomic E-state index is 12.6. The number of rotatable bonds is 7. The lowest BCUT2D eigenvalue weighted by molar-refractivity contribution is -0.148. The Morgan fingerprint density at radius 1 is 1.16 bits per heavy atom. The largest absolute Gasteiger partial charge is 0.493 e. The number of thiazole rings is 1. The minimum Gasteiger partial charge on any atom is -0.493 e. The number of carbonyl (C=O) groups is 1. The molecule has 0 aliphatic heterocycles. The van der Waals surface area contributed by atoms with Crippen LogP contribution in [0.4, 0.5) is 0 Å². The summed E-state index contributed by atoms with van der Waals surface area (Å²) in [7, 11) is 3.14. The Kier molecular flexibility index (Phi) is 5.77. The Bertz CT molecular complexity index is 1290. The van der Waals surface area contributed by atoms with Gasteiger partial charge in [0, 0.05) is 5.38 Å². The van der Waals surface area contributed by atoms with Gasteiger partial charge in [0.15, 0.2) is 17.1 Å². The molecule has 0 radical (unpaired) electrons. The molecule has 0 saturated heterocycles. The second-order valence-corrected chi connectivity index (χ2v) is 7.53. The summed E-state index contributed by atoms with van der Waals surface area (Å²) in [5.41, 5.74) is 2.34. The maximum Gasteiger partial charge on any atom is 0.420 e. The Morgan fingerprint density at radius 3 is 2.74 bits per heavy atom. The second kappa shape index (κ2) is 8.65. The molecule has 8 nitrogen and oxygen atoms in total. The monoisotopic (exact) mass is 440 g/mol. The van der Waals surface area contributed by atoms with Gasteiger partial charge in [-0.05, 0) is 31.2 Å². The van der Waals surface area contributed by atoms with Gasteiger partial charge in [-0.1, -0.05) is 18.2 Å². The van der Waals surface area contributed by atoms with Gasteiger partial charge in [0.1, 0.15) is 17.7 Å². The lowest BCUT2D eigenvalue weighted by atomic mass is 10.2. The molecule has 0 bridgehead atoms. The van der Waals surface area contributed by atoms with Gasteiger partial charge >= 0.3 is 11.7 Å². The van der Waals surface area contributed by atoms with E-state index in [1.165, 1.54) is 15.9 Å². The van der Waals surface area contributed by atoms with Crippen molar-refractivity contribution in [1.82, 2.24) is 9.55 Å². The molecule has 0 fully saturated rings. The molecule has 4 aromatic rings. The van der Waals surface area contributed by atoms with Crippen molar-refractivity contribution in [2.45, 2.75) is 19.6 Å². The third-order valence-corrected chi connectivity index (χ3v) is 5.72. The van der Waals surface area contributed by atoms with Crippen LogP contribution in [0.15, 0.2) is 57.1 Å². The summed E-state index contributed by atoms with van der Waals surface area (Å²) in [6.07, 6.45) is 0. The van der Waals surface area contributed by atoms with Crippen LogP contribution >= 0.6 is 11.3 Å². The van der Waals surface area contributed by atoms with Crippen LogP contribution in [0, 0.1) is 0 Å². The molecule has 160 valence electrons. The molecule has 0 N–H and O–H groups in total. The first-order valence-electron chi connectivity index (χ1n) is 9.46. The van der Waals surface area contributed by atoms with Gasteiger partial charge in [-0.3, -0.25) is 4.57 Å². The molecule has 0 aliphatic rings. The first kappa shape index (κ1) is 20.7. The Hall–Kier alpha value is -3.59. The van der Waals surface area contributed by atoms with E-state index in [-0.39, 0.29) is 6.61 Å². The maximum absolute atomic E-state index is 12.6. The number of methoxy groups -OCH3 is 2. The zero-order valence-corrected chi connectivity index (χ0v) is 18.0. The van der Waals surface area contributed by atoms with Crippen LogP contribution in [-0.2, 0) is 16.1 Å². The highest BCUT2D eigenvalue weighted by Gasteiger charge is 2.23. The van der Waals surface area contributed by atoms with Crippen LogP contribution in [0.5, 0.6) is 11.5 Å². The fourth-order valence-corrected chi connectivity index (χ4v) is 4.10. The number of aromatic nitrogens is 2. The molecule has 2 aromatic heterocycles. The van der Waals surface area contributed by atoms with E-state index in [1.54, 1.807) is 45.4 Å². The zero-order chi connectivity index (χ0) is 22.0. The number of hydrogen-bond donors (Lipinski definition) is 0. The van der Waals surface area contributed by atoms with Crippen LogP contribution in [0.3, 0.4) is 0 Å². The summed E-state index contributed by atoms with van der Waals surface area (Å²) >= 11 is 1.41. The normalized spacial score (nSPS) is 12.0. The fourth-order valence-electron chi connectivity index (χ4n) is 3.27. The van der Waals surface area contributed by atoms with Crippen molar-refractivity contribution < 1.29 is 23.4 Å². The van der Waals surface area contributed by atoms with Crippen molar-refractivity contribution in [3.63, 3.8) is 0 Å². The van der Waals surface area contributed by atoms with Gasteiger partial charge in [0.25, 0.3) is 0 Å². The number of benzene rings is 2. The number of hydrogen-bond acceptors (Lipinski definition) is 8. The van der Waals surface area contributed by atoms with Crippen molar-refractivity contribution in [3.05, 3.63) is 64.1 Å². The topological polar surface area (TPSA) is 92.8 Å². The van der Waals surface area contributed by atoms with E-state index in [0.29, 0.717) is 33.3 Å². The van der Waals surface area contributed by atoms with E-state index >= 15 is 0 Å². The molecule has 1 unspecified atom stereocenters. The summed E-state index contributed by atoms with van der Waals surface area (Å²) < 4.78 is 22.7. The second-order valence-electron chi connectivity index (χ2n) is 6.67. The van der Waals surface area contributed by atoms with Crippen molar-refractivity contribution in [2.24, 2.45) is 0 Å². The third kappa shape index (κ3) is 3.91. The Balaban J connectivity index is 1.49. The number of carbonyl (C=O) groups excluding carboxylic acids is 1. The number of oxazole rings is 1. The quantitative estimate of drug-likeness (QED) is 0.401. The summed E-state index contributed by atoms with van der Waals surface area (Å²) in [4.78, 5) is 29.3. The number of para-hydroxylation sites is 3. The minimum atomic E-state index is -0.840. The minimum absolute atomic E-state index is 0.0174. The third-order valence-electron chi connectivity index (χ3n) is 4.79. The molecular formula is C22H20N2O6S. The molecule has 2 heterocycles. The van der Waals surface area contributed by atoms with E-state index in [9.17, 15) is 9.59 Å². The number of nitrogens with zero attached hydrogens (tertiary/aromatic N) is 2. The fraction of sp³-hybridized carbons (Fsp3) is 0.227. The summed E-state index contributed by atoms with van der Waals surface area (Å²) in [6.45, 7) is 1.58. The predicted octanol–water partition coefficient (Wildman–Crippen LogP) is 4.04.